The molecule has 3 rings (SSSR count). The van der Waals surface area contributed by atoms with Gasteiger partial charge in [-0.1, -0.05) is 6.07 Å². The molecule has 0 spiro atoms. The molecule has 0 fully saturated rings. The summed E-state index contributed by atoms with van der Waals surface area (Å²) in [6, 6.07) is 5.38. The number of hydrogen-bond donors (Lipinski definition) is 3. The van der Waals surface area contributed by atoms with Crippen LogP contribution in [0.15, 0.2) is 24.3 Å². The van der Waals surface area contributed by atoms with Crippen molar-refractivity contribution in [3.05, 3.63) is 55.9 Å². The maximum atomic E-state index is 12.4. The first kappa shape index (κ1) is 19.9. The number of thiocarbonyl (C=S) groups is 1. The van der Waals surface area contributed by atoms with Gasteiger partial charge in [0, 0.05) is 29.6 Å². The van der Waals surface area contributed by atoms with Crippen LogP contribution in [0.3, 0.4) is 0 Å². The Morgan fingerprint density at radius 2 is 1.96 bits per heavy atom. The Hall–Kier alpha value is -2.85. The van der Waals surface area contributed by atoms with Gasteiger partial charge in [0.25, 0.3) is 17.5 Å². The number of hydrogen-bond acceptors (Lipinski definition) is 6. The third kappa shape index (κ3) is 4.18. The number of aryl methyl sites for hydroxylation is 1. The lowest BCUT2D eigenvalue weighted by molar-refractivity contribution is -0.384. The lowest BCUT2D eigenvalue weighted by Gasteiger charge is -2.12. The number of non-ortho nitro benzene ring substituents is 1. The molecule has 1 aromatic carbocycles. The van der Waals surface area contributed by atoms with Gasteiger partial charge in [-0.2, -0.15) is 0 Å². The normalized spacial score (nSPS) is 12.6. The first-order chi connectivity index (χ1) is 13.4. The fraction of sp³-hybridized carbons (Fsp3) is 0.278. The molecule has 8 nitrogen and oxygen atoms in total. The number of fused-ring (bicyclic) bond motifs is 1. The minimum atomic E-state index is -0.570. The maximum Gasteiger partial charge on any atom is 0.270 e. The summed E-state index contributed by atoms with van der Waals surface area (Å²) in [5.41, 5.74) is 1.54. The molecule has 0 aliphatic heterocycles. The number of carbonyl (C=O) groups excluding carboxylic acids is 2. The molecule has 28 heavy (non-hydrogen) atoms. The molecule has 0 unspecified atom stereocenters. The van der Waals surface area contributed by atoms with Gasteiger partial charge in [-0.05, 0) is 49.5 Å². The predicted octanol–water partition coefficient (Wildman–Crippen LogP) is 3.02. The van der Waals surface area contributed by atoms with E-state index in [1.54, 1.807) is 7.05 Å². The van der Waals surface area contributed by atoms with Crippen LogP contribution in [0.1, 0.15) is 44.0 Å². The van der Waals surface area contributed by atoms with Crippen LogP contribution in [0.25, 0.3) is 0 Å². The van der Waals surface area contributed by atoms with E-state index in [2.05, 4.69) is 16.0 Å². The van der Waals surface area contributed by atoms with Gasteiger partial charge in [0.05, 0.1) is 10.5 Å². The first-order valence-corrected chi connectivity index (χ1v) is 9.86. The maximum absolute atomic E-state index is 12.4. The van der Waals surface area contributed by atoms with Crippen molar-refractivity contribution in [2.75, 3.05) is 12.4 Å². The number of nitro groups is 1. The highest BCUT2D eigenvalue weighted by molar-refractivity contribution is 7.80. The van der Waals surface area contributed by atoms with E-state index >= 15 is 0 Å². The number of amides is 2. The van der Waals surface area contributed by atoms with Gasteiger partial charge in [0.1, 0.15) is 5.00 Å². The number of thiophene rings is 1. The van der Waals surface area contributed by atoms with Crippen molar-refractivity contribution in [1.29, 1.82) is 0 Å². The third-order valence-electron chi connectivity index (χ3n) is 4.40. The molecule has 0 atom stereocenters. The van der Waals surface area contributed by atoms with Gasteiger partial charge in [0.15, 0.2) is 5.11 Å². The highest BCUT2D eigenvalue weighted by atomic mass is 32.1. The van der Waals surface area contributed by atoms with Crippen molar-refractivity contribution in [3.8, 4) is 0 Å². The molecular formula is C18H18N4O4S2. The standard InChI is InChI=1S/C18H18N4O4S2/c1-19-16(24)14-12-7-2-3-8-13(12)28-17(14)21-18(27)20-15(23)10-5-4-6-11(9-10)22(25)26/h4-6,9H,2-3,7-8H2,1H3,(H,19,24)(H2,20,21,23,27). The molecule has 0 saturated carbocycles. The molecular weight excluding hydrogens is 400 g/mol. The average molecular weight is 419 g/mol. The predicted molar refractivity (Wildman–Crippen MR) is 111 cm³/mol. The van der Waals surface area contributed by atoms with Crippen LogP contribution in [-0.4, -0.2) is 28.9 Å². The van der Waals surface area contributed by atoms with Crippen molar-refractivity contribution in [2.24, 2.45) is 0 Å². The molecule has 1 heterocycles. The van der Waals surface area contributed by atoms with E-state index in [4.69, 9.17) is 12.2 Å². The van der Waals surface area contributed by atoms with Gasteiger partial charge < -0.3 is 10.6 Å². The van der Waals surface area contributed by atoms with E-state index in [0.29, 0.717) is 10.6 Å². The third-order valence-corrected chi connectivity index (χ3v) is 5.81. The van der Waals surface area contributed by atoms with Crippen LogP contribution >= 0.6 is 23.6 Å². The quantitative estimate of drug-likeness (QED) is 0.400. The highest BCUT2D eigenvalue weighted by Crippen LogP contribution is 2.38. The zero-order valence-corrected chi connectivity index (χ0v) is 16.7. The smallest absolute Gasteiger partial charge is 0.270 e. The molecule has 1 aliphatic rings. The van der Waals surface area contributed by atoms with Gasteiger partial charge in [-0.25, -0.2) is 0 Å². The summed E-state index contributed by atoms with van der Waals surface area (Å²) in [6.45, 7) is 0. The van der Waals surface area contributed by atoms with Gasteiger partial charge in [0.2, 0.25) is 0 Å². The lowest BCUT2D eigenvalue weighted by Crippen LogP contribution is -2.34. The fourth-order valence-corrected chi connectivity index (χ4v) is 4.64. The van der Waals surface area contributed by atoms with E-state index in [9.17, 15) is 19.7 Å². The van der Waals surface area contributed by atoms with E-state index in [0.717, 1.165) is 36.1 Å². The van der Waals surface area contributed by atoms with Crippen LogP contribution in [0.5, 0.6) is 0 Å². The van der Waals surface area contributed by atoms with Gasteiger partial charge >= 0.3 is 0 Å². The SMILES string of the molecule is CNC(=O)c1c(NC(=S)NC(=O)c2cccc([N+](=O)[O-])c2)sc2c1CCCC2. The number of benzene rings is 1. The van der Waals surface area contributed by atoms with Crippen molar-refractivity contribution < 1.29 is 14.5 Å². The van der Waals surface area contributed by atoms with E-state index in [-0.39, 0.29) is 22.3 Å². The monoisotopic (exact) mass is 418 g/mol. The number of carbonyl (C=O) groups is 2. The largest absolute Gasteiger partial charge is 0.355 e. The Bertz CT molecular complexity index is 970. The molecule has 146 valence electrons. The minimum absolute atomic E-state index is 0.0280. The zero-order valence-electron chi connectivity index (χ0n) is 15.0. The van der Waals surface area contributed by atoms with Crippen LogP contribution in [0.2, 0.25) is 0 Å². The van der Waals surface area contributed by atoms with Crippen LogP contribution in [0, 0.1) is 10.1 Å². The Labute approximate surface area is 170 Å². The summed E-state index contributed by atoms with van der Waals surface area (Å²) in [5, 5.41) is 19.6. The van der Waals surface area contributed by atoms with Crippen molar-refractivity contribution in [1.82, 2.24) is 10.6 Å². The number of rotatable bonds is 4. The van der Waals surface area contributed by atoms with Gasteiger partial charge in [-0.15, -0.1) is 11.3 Å². The summed E-state index contributed by atoms with van der Waals surface area (Å²) in [7, 11) is 1.57. The Kier molecular flexibility index (Phi) is 6.00. The Morgan fingerprint density at radius 3 is 2.68 bits per heavy atom. The summed E-state index contributed by atoms with van der Waals surface area (Å²) in [5.74, 6) is -0.765. The van der Waals surface area contributed by atoms with Crippen LogP contribution in [-0.2, 0) is 12.8 Å². The Balaban J connectivity index is 1.77. The molecule has 1 aliphatic carbocycles. The summed E-state index contributed by atoms with van der Waals surface area (Å²) in [6.07, 6.45) is 3.86. The molecule has 1 aromatic heterocycles. The number of anilines is 1. The molecule has 2 aromatic rings. The van der Waals surface area contributed by atoms with E-state index in [1.807, 2.05) is 0 Å². The summed E-state index contributed by atoms with van der Waals surface area (Å²) in [4.78, 5) is 36.2. The Morgan fingerprint density at radius 1 is 1.21 bits per heavy atom. The molecule has 2 amide bonds. The number of nitrogens with zero attached hydrogens (tertiary/aromatic N) is 1. The van der Waals surface area contributed by atoms with E-state index < -0.39 is 10.8 Å². The molecule has 0 saturated heterocycles. The summed E-state index contributed by atoms with van der Waals surface area (Å²) >= 11 is 6.68. The zero-order chi connectivity index (χ0) is 20.3. The van der Waals surface area contributed by atoms with Crippen LogP contribution in [0.4, 0.5) is 10.7 Å². The highest BCUT2D eigenvalue weighted by Gasteiger charge is 2.25. The molecule has 10 heteroatoms. The second-order valence-corrected chi connectivity index (χ2v) is 7.72. The lowest BCUT2D eigenvalue weighted by atomic mass is 9.95. The number of nitro benzene ring substituents is 1. The second-order valence-electron chi connectivity index (χ2n) is 6.21. The molecule has 0 radical (unpaired) electrons. The second kappa shape index (κ2) is 8.44. The van der Waals surface area contributed by atoms with Crippen molar-refractivity contribution in [2.45, 2.75) is 25.7 Å². The van der Waals surface area contributed by atoms with Crippen molar-refractivity contribution in [3.63, 3.8) is 0 Å². The van der Waals surface area contributed by atoms with Crippen molar-refractivity contribution >= 4 is 51.2 Å². The molecule has 3 N–H and O–H groups in total. The van der Waals surface area contributed by atoms with Crippen LogP contribution < -0.4 is 16.0 Å². The summed E-state index contributed by atoms with van der Waals surface area (Å²) < 4.78 is 0. The van der Waals surface area contributed by atoms with Gasteiger partial charge in [-0.3, -0.25) is 25.0 Å². The average Bonchev–Trinajstić information content (AvgIpc) is 3.04. The fourth-order valence-electron chi connectivity index (χ4n) is 3.09. The first-order valence-electron chi connectivity index (χ1n) is 8.64. The van der Waals surface area contributed by atoms with E-state index in [1.165, 1.54) is 35.6 Å². The number of nitrogens with one attached hydrogen (secondary N) is 3. The topological polar surface area (TPSA) is 113 Å². The minimum Gasteiger partial charge on any atom is -0.355 e. The molecule has 0 bridgehead atoms.